The maximum Gasteiger partial charge on any atom is 0.0621 e. The third kappa shape index (κ3) is 8.78. The van der Waals surface area contributed by atoms with Crippen LogP contribution in [0.1, 0.15) is 12.8 Å². The highest BCUT2D eigenvalue weighted by molar-refractivity contribution is 5.30. The van der Waals surface area contributed by atoms with E-state index >= 15 is 0 Å². The third-order valence-electron chi connectivity index (χ3n) is 0.990. The van der Waals surface area contributed by atoms with Gasteiger partial charge in [0.15, 0.2) is 0 Å². The highest BCUT2D eigenvalue weighted by atomic mass is 16.3. The zero-order chi connectivity index (χ0) is 9.07. The van der Waals surface area contributed by atoms with E-state index in [1.807, 2.05) is 0 Å². The summed E-state index contributed by atoms with van der Waals surface area (Å²) >= 11 is 0. The molecule has 2 nitrogen and oxygen atoms in total. The summed E-state index contributed by atoms with van der Waals surface area (Å²) in [6.45, 7) is 0.180. The molecule has 2 heteroatoms. The Morgan fingerprint density at radius 2 is 2.00 bits per heavy atom. The molecule has 0 aromatic heterocycles. The van der Waals surface area contributed by atoms with Crippen LogP contribution in [0.3, 0.4) is 0 Å². The molecule has 0 saturated carbocycles. The highest BCUT2D eigenvalue weighted by Gasteiger charge is 1.74. The molecule has 0 aliphatic heterocycles. The zero-order valence-electron chi connectivity index (χ0n) is 6.88. The second-order valence-corrected chi connectivity index (χ2v) is 1.98. The van der Waals surface area contributed by atoms with Crippen molar-refractivity contribution in [1.82, 2.24) is 0 Å². The van der Waals surface area contributed by atoms with Crippen molar-refractivity contribution in [2.24, 2.45) is 0 Å². The number of aliphatic hydroxyl groups is 2. The van der Waals surface area contributed by atoms with Gasteiger partial charge < -0.3 is 10.2 Å². The number of unbranched alkanes of at least 4 members (excludes halogenated alkanes) is 1. The summed E-state index contributed by atoms with van der Waals surface area (Å²) in [5.74, 6) is 10.6. The molecule has 0 saturated heterocycles. The van der Waals surface area contributed by atoms with Crippen LogP contribution >= 0.6 is 0 Å². The first-order chi connectivity index (χ1) is 5.91. The lowest BCUT2D eigenvalue weighted by molar-refractivity contribution is 0.290. The van der Waals surface area contributed by atoms with Gasteiger partial charge in [0.25, 0.3) is 0 Å². The topological polar surface area (TPSA) is 40.5 Å². The van der Waals surface area contributed by atoms with Gasteiger partial charge in [-0.3, -0.25) is 0 Å². The summed E-state index contributed by atoms with van der Waals surface area (Å²) in [4.78, 5) is 0. The fraction of sp³-hybridized carbons (Fsp3) is 0.400. The van der Waals surface area contributed by atoms with E-state index in [-0.39, 0.29) is 13.2 Å². The fourth-order valence-corrected chi connectivity index (χ4v) is 0.464. The van der Waals surface area contributed by atoms with Gasteiger partial charge in [-0.1, -0.05) is 17.9 Å². The number of hydrogen-bond acceptors (Lipinski definition) is 2. The SMILES string of the molecule is OCC=CC#CC#CCCCO. The van der Waals surface area contributed by atoms with Crippen LogP contribution in [0.2, 0.25) is 0 Å². The van der Waals surface area contributed by atoms with Crippen LogP contribution in [-0.2, 0) is 0 Å². The van der Waals surface area contributed by atoms with Gasteiger partial charge in [-0.15, -0.1) is 0 Å². The van der Waals surface area contributed by atoms with E-state index in [1.165, 1.54) is 0 Å². The molecular weight excluding hydrogens is 152 g/mol. The summed E-state index contributed by atoms with van der Waals surface area (Å²) < 4.78 is 0. The Kier molecular flexibility index (Phi) is 8.79. The second kappa shape index (κ2) is 9.78. The lowest BCUT2D eigenvalue weighted by Crippen LogP contribution is -1.77. The molecule has 0 fully saturated rings. The molecule has 0 amide bonds. The minimum atomic E-state index is 0.00657. The average Bonchev–Trinajstić information content (AvgIpc) is 2.10. The molecule has 0 aliphatic carbocycles. The molecule has 12 heavy (non-hydrogen) atoms. The van der Waals surface area contributed by atoms with Gasteiger partial charge in [0.05, 0.1) is 6.61 Å². The molecule has 0 aromatic carbocycles. The van der Waals surface area contributed by atoms with Gasteiger partial charge in [-0.25, -0.2) is 0 Å². The van der Waals surface area contributed by atoms with Crippen molar-refractivity contribution in [1.29, 1.82) is 0 Å². The number of aliphatic hydroxyl groups excluding tert-OH is 2. The lowest BCUT2D eigenvalue weighted by atomic mass is 10.3. The average molecular weight is 164 g/mol. The van der Waals surface area contributed by atoms with E-state index in [4.69, 9.17) is 10.2 Å². The van der Waals surface area contributed by atoms with E-state index in [9.17, 15) is 0 Å². The number of rotatable bonds is 3. The lowest BCUT2D eigenvalue weighted by Gasteiger charge is -1.80. The number of allylic oxidation sites excluding steroid dienone is 1. The van der Waals surface area contributed by atoms with E-state index < -0.39 is 0 Å². The Labute approximate surface area is 72.9 Å². The molecule has 0 heterocycles. The van der Waals surface area contributed by atoms with Gasteiger partial charge in [-0.05, 0) is 24.3 Å². The third-order valence-corrected chi connectivity index (χ3v) is 0.990. The Hall–Kier alpha value is -1.22. The van der Waals surface area contributed by atoms with E-state index in [0.717, 1.165) is 0 Å². The van der Waals surface area contributed by atoms with Crippen molar-refractivity contribution in [2.75, 3.05) is 13.2 Å². The van der Waals surface area contributed by atoms with Crippen LogP contribution < -0.4 is 0 Å². The monoisotopic (exact) mass is 164 g/mol. The molecule has 0 radical (unpaired) electrons. The molecule has 0 rings (SSSR count). The predicted octanol–water partition coefficient (Wildman–Crippen LogP) is 0.314. The minimum absolute atomic E-state index is 0.00657. The molecule has 0 unspecified atom stereocenters. The Morgan fingerprint density at radius 3 is 2.67 bits per heavy atom. The molecule has 0 spiro atoms. The summed E-state index contributed by atoms with van der Waals surface area (Å²) in [5, 5.41) is 16.7. The van der Waals surface area contributed by atoms with Crippen molar-refractivity contribution in [3.05, 3.63) is 12.2 Å². The molecule has 0 aromatic rings. The van der Waals surface area contributed by atoms with E-state index in [1.54, 1.807) is 12.2 Å². The smallest absolute Gasteiger partial charge is 0.0621 e. The molecule has 0 aliphatic rings. The van der Waals surface area contributed by atoms with Crippen LogP contribution in [-0.4, -0.2) is 23.4 Å². The highest BCUT2D eigenvalue weighted by Crippen LogP contribution is 1.81. The first-order valence-corrected chi connectivity index (χ1v) is 3.77. The van der Waals surface area contributed by atoms with Crippen LogP contribution in [0.5, 0.6) is 0 Å². The summed E-state index contributed by atoms with van der Waals surface area (Å²) in [7, 11) is 0. The summed E-state index contributed by atoms with van der Waals surface area (Å²) in [6, 6.07) is 0. The summed E-state index contributed by atoms with van der Waals surface area (Å²) in [5.41, 5.74) is 0. The predicted molar refractivity (Wildman–Crippen MR) is 48.1 cm³/mol. The fourth-order valence-electron chi connectivity index (χ4n) is 0.464. The van der Waals surface area contributed by atoms with E-state index in [0.29, 0.717) is 12.8 Å². The van der Waals surface area contributed by atoms with Crippen molar-refractivity contribution < 1.29 is 10.2 Å². The normalized spacial score (nSPS) is 8.50. The van der Waals surface area contributed by atoms with Crippen LogP contribution in [0.4, 0.5) is 0 Å². The van der Waals surface area contributed by atoms with Crippen molar-refractivity contribution in [3.63, 3.8) is 0 Å². The van der Waals surface area contributed by atoms with E-state index in [2.05, 4.69) is 23.7 Å². The summed E-state index contributed by atoms with van der Waals surface area (Å²) in [6.07, 6.45) is 4.47. The maximum atomic E-state index is 8.40. The van der Waals surface area contributed by atoms with Gasteiger partial charge >= 0.3 is 0 Å². The minimum Gasteiger partial charge on any atom is -0.396 e. The molecular formula is C10H12O2. The molecule has 2 N–H and O–H groups in total. The van der Waals surface area contributed by atoms with Gasteiger partial charge in [0.1, 0.15) is 0 Å². The second-order valence-electron chi connectivity index (χ2n) is 1.98. The van der Waals surface area contributed by atoms with Crippen molar-refractivity contribution in [2.45, 2.75) is 12.8 Å². The van der Waals surface area contributed by atoms with Crippen LogP contribution in [0, 0.1) is 23.7 Å². The number of hydrogen-bond donors (Lipinski definition) is 2. The standard InChI is InChI=1S/C10H12O2/c11-9-7-5-3-1-2-4-6-8-10-12/h5,7,11-12H,6,8-10H2. The Bertz CT molecular complexity index is 232. The Morgan fingerprint density at radius 1 is 1.17 bits per heavy atom. The maximum absolute atomic E-state index is 8.40. The van der Waals surface area contributed by atoms with Gasteiger partial charge in [-0.2, -0.15) is 0 Å². The first-order valence-electron chi connectivity index (χ1n) is 3.77. The molecule has 0 bridgehead atoms. The quantitative estimate of drug-likeness (QED) is 0.465. The van der Waals surface area contributed by atoms with Crippen molar-refractivity contribution >= 4 is 0 Å². The van der Waals surface area contributed by atoms with Gasteiger partial charge in [0, 0.05) is 13.0 Å². The van der Waals surface area contributed by atoms with Crippen molar-refractivity contribution in [3.8, 4) is 23.7 Å². The largest absolute Gasteiger partial charge is 0.396 e. The molecule has 0 atom stereocenters. The Balaban J connectivity index is 3.52. The molecule has 64 valence electrons. The van der Waals surface area contributed by atoms with Gasteiger partial charge in [0.2, 0.25) is 0 Å². The first kappa shape index (κ1) is 10.8. The van der Waals surface area contributed by atoms with Crippen LogP contribution in [0.15, 0.2) is 12.2 Å². The van der Waals surface area contributed by atoms with Crippen LogP contribution in [0.25, 0.3) is 0 Å². The zero-order valence-corrected chi connectivity index (χ0v) is 6.88.